The molecule has 0 saturated heterocycles. The van der Waals surface area contributed by atoms with Crippen LogP contribution in [0.15, 0.2) is 72.8 Å². The summed E-state index contributed by atoms with van der Waals surface area (Å²) in [5.41, 5.74) is 4.17. The van der Waals surface area contributed by atoms with Crippen molar-refractivity contribution < 1.29 is 14.3 Å². The highest BCUT2D eigenvalue weighted by molar-refractivity contribution is 7.18. The number of nitrogens with one attached hydrogen (secondary N) is 1. The smallest absolute Gasteiger partial charge is 0.339 e. The number of amides is 1. The lowest BCUT2D eigenvalue weighted by molar-refractivity contribution is -0.118. The van der Waals surface area contributed by atoms with E-state index in [-0.39, 0.29) is 18.3 Å². The van der Waals surface area contributed by atoms with Gasteiger partial charge in [-0.2, -0.15) is 0 Å². The number of hydrogen-bond acceptors (Lipinski definition) is 5. The van der Waals surface area contributed by atoms with Crippen molar-refractivity contribution in [3.63, 3.8) is 0 Å². The Kier molecular flexibility index (Phi) is 4.77. The minimum absolute atomic E-state index is 0.0935. The summed E-state index contributed by atoms with van der Waals surface area (Å²) in [4.78, 5) is 29.0. The Morgan fingerprint density at radius 3 is 2.60 bits per heavy atom. The summed E-state index contributed by atoms with van der Waals surface area (Å²) in [5, 5.41) is 3.95. The summed E-state index contributed by atoms with van der Waals surface area (Å²) in [6, 6.07) is 23.1. The summed E-state index contributed by atoms with van der Waals surface area (Å²) in [6.07, 6.45) is 0.311. The number of para-hydroxylation sites is 1. The number of aromatic nitrogens is 1. The Labute approximate surface area is 177 Å². The summed E-state index contributed by atoms with van der Waals surface area (Å²) in [7, 11) is 0. The van der Waals surface area contributed by atoms with Crippen LogP contribution in [0.2, 0.25) is 0 Å². The van der Waals surface area contributed by atoms with Gasteiger partial charge in [-0.1, -0.05) is 42.5 Å². The van der Waals surface area contributed by atoms with Crippen LogP contribution >= 0.6 is 11.3 Å². The molecule has 0 spiro atoms. The maximum Gasteiger partial charge on any atom is 0.339 e. The largest absolute Gasteiger partial charge is 0.453 e. The molecule has 3 aromatic carbocycles. The van der Waals surface area contributed by atoms with Crippen LogP contribution < -0.4 is 5.32 Å². The second-order valence-corrected chi connectivity index (χ2v) is 8.30. The highest BCUT2D eigenvalue weighted by Gasteiger charge is 2.32. The maximum absolute atomic E-state index is 12.4. The van der Waals surface area contributed by atoms with Crippen LogP contribution in [-0.4, -0.2) is 16.9 Å². The molecule has 0 fully saturated rings. The number of benzene rings is 3. The van der Waals surface area contributed by atoms with Crippen molar-refractivity contribution in [2.45, 2.75) is 18.9 Å². The lowest BCUT2D eigenvalue weighted by atomic mass is 10.0. The number of hydrogen-bond donors (Lipinski definition) is 1. The molecular formula is C24H18N2O3S. The van der Waals surface area contributed by atoms with E-state index in [0.29, 0.717) is 11.3 Å². The molecule has 1 aromatic heterocycles. The Balaban J connectivity index is 1.22. The average Bonchev–Trinajstić information content (AvgIpc) is 3.30. The number of thiazole rings is 1. The van der Waals surface area contributed by atoms with Gasteiger partial charge < -0.3 is 10.1 Å². The van der Waals surface area contributed by atoms with Gasteiger partial charge in [-0.3, -0.25) is 4.79 Å². The summed E-state index contributed by atoms with van der Waals surface area (Å²) < 4.78 is 6.53. The van der Waals surface area contributed by atoms with Gasteiger partial charge in [0.15, 0.2) is 0 Å². The van der Waals surface area contributed by atoms with E-state index in [9.17, 15) is 9.59 Å². The molecule has 0 aliphatic carbocycles. The van der Waals surface area contributed by atoms with Crippen LogP contribution in [0.1, 0.15) is 39.0 Å². The standard InChI is InChI=1S/C24H18N2O3S/c27-22(14-20-17-5-1-2-6-18(17)24(28)29-20)25-16-11-9-15(10-12-16)13-23-26-19-7-3-4-8-21(19)30-23/h1-12,20H,13-14H2,(H,25,27). The number of nitrogens with zero attached hydrogens (tertiary/aromatic N) is 1. The highest BCUT2D eigenvalue weighted by atomic mass is 32.1. The van der Waals surface area contributed by atoms with Crippen molar-refractivity contribution >= 4 is 39.1 Å². The van der Waals surface area contributed by atoms with Crippen molar-refractivity contribution in [1.82, 2.24) is 4.98 Å². The van der Waals surface area contributed by atoms with Crippen LogP contribution in [-0.2, 0) is 16.0 Å². The monoisotopic (exact) mass is 414 g/mol. The van der Waals surface area contributed by atoms with Crippen molar-refractivity contribution in [1.29, 1.82) is 0 Å². The van der Waals surface area contributed by atoms with E-state index in [1.165, 1.54) is 4.70 Å². The molecule has 6 heteroatoms. The number of rotatable bonds is 5. The quantitative estimate of drug-likeness (QED) is 0.460. The first-order valence-electron chi connectivity index (χ1n) is 9.69. The summed E-state index contributed by atoms with van der Waals surface area (Å²) in [5.74, 6) is -0.564. The Morgan fingerprint density at radius 2 is 1.77 bits per heavy atom. The van der Waals surface area contributed by atoms with Crippen molar-refractivity contribution in [3.8, 4) is 0 Å². The van der Waals surface area contributed by atoms with Crippen molar-refractivity contribution in [2.75, 3.05) is 5.32 Å². The Bertz CT molecular complexity index is 1210. The molecule has 0 radical (unpaired) electrons. The van der Waals surface area contributed by atoms with Crippen molar-refractivity contribution in [3.05, 3.63) is 94.5 Å². The molecule has 0 bridgehead atoms. The van der Waals surface area contributed by atoms with Crippen LogP contribution in [0.4, 0.5) is 5.69 Å². The van der Waals surface area contributed by atoms with Gasteiger partial charge in [0.25, 0.3) is 0 Å². The summed E-state index contributed by atoms with van der Waals surface area (Å²) >= 11 is 1.70. The zero-order chi connectivity index (χ0) is 20.5. The zero-order valence-corrected chi connectivity index (χ0v) is 16.8. The SMILES string of the molecule is O=C(CC1OC(=O)c2ccccc21)Nc1ccc(Cc2nc3ccccc3s2)cc1. The third-order valence-electron chi connectivity index (χ3n) is 5.08. The molecule has 5 nitrogen and oxygen atoms in total. The normalized spacial score (nSPS) is 15.1. The first-order chi connectivity index (χ1) is 14.7. The third kappa shape index (κ3) is 3.69. The molecule has 5 rings (SSSR count). The van der Waals surface area contributed by atoms with Gasteiger partial charge in [0.05, 0.1) is 27.2 Å². The fraction of sp³-hybridized carbons (Fsp3) is 0.125. The van der Waals surface area contributed by atoms with Gasteiger partial charge in [0.1, 0.15) is 6.10 Å². The molecule has 1 N–H and O–H groups in total. The molecule has 30 heavy (non-hydrogen) atoms. The van der Waals surface area contributed by atoms with E-state index in [1.54, 1.807) is 23.5 Å². The number of carbonyl (C=O) groups is 2. The van der Waals surface area contributed by atoms with Gasteiger partial charge >= 0.3 is 5.97 Å². The molecule has 1 amide bonds. The topological polar surface area (TPSA) is 68.3 Å². The average molecular weight is 414 g/mol. The minimum atomic E-state index is -0.535. The van der Waals surface area contributed by atoms with E-state index in [4.69, 9.17) is 4.74 Å². The third-order valence-corrected chi connectivity index (χ3v) is 6.12. The first kappa shape index (κ1) is 18.5. The van der Waals surface area contributed by atoms with E-state index < -0.39 is 6.10 Å². The molecular weight excluding hydrogens is 396 g/mol. The van der Waals surface area contributed by atoms with Crippen molar-refractivity contribution in [2.24, 2.45) is 0 Å². The molecule has 148 valence electrons. The Morgan fingerprint density at radius 1 is 1.00 bits per heavy atom. The lowest BCUT2D eigenvalue weighted by Crippen LogP contribution is -2.15. The van der Waals surface area contributed by atoms with Gasteiger partial charge in [-0.25, -0.2) is 9.78 Å². The molecule has 1 unspecified atom stereocenters. The van der Waals surface area contributed by atoms with E-state index >= 15 is 0 Å². The maximum atomic E-state index is 12.4. The fourth-order valence-corrected chi connectivity index (χ4v) is 4.63. The number of cyclic esters (lactones) is 1. The van der Waals surface area contributed by atoms with Crippen LogP contribution in [0.3, 0.4) is 0 Å². The molecule has 1 aliphatic rings. The predicted molar refractivity (Wildman–Crippen MR) is 117 cm³/mol. The number of fused-ring (bicyclic) bond motifs is 2. The van der Waals surface area contributed by atoms with Gasteiger partial charge in [-0.05, 0) is 35.9 Å². The van der Waals surface area contributed by atoms with Gasteiger partial charge in [-0.15, -0.1) is 11.3 Å². The fourth-order valence-electron chi connectivity index (χ4n) is 3.63. The van der Waals surface area contributed by atoms with Crippen LogP contribution in [0, 0.1) is 0 Å². The second kappa shape index (κ2) is 7.72. The zero-order valence-electron chi connectivity index (χ0n) is 16.0. The van der Waals surface area contributed by atoms with Gasteiger partial charge in [0, 0.05) is 17.7 Å². The minimum Gasteiger partial charge on any atom is -0.453 e. The molecule has 4 aromatic rings. The number of esters is 1. The number of carbonyl (C=O) groups excluding carboxylic acids is 2. The molecule has 0 saturated carbocycles. The lowest BCUT2D eigenvalue weighted by Gasteiger charge is -2.11. The van der Waals surface area contributed by atoms with E-state index in [0.717, 1.165) is 28.1 Å². The van der Waals surface area contributed by atoms with E-state index in [1.807, 2.05) is 54.6 Å². The van der Waals surface area contributed by atoms with Gasteiger partial charge in [0.2, 0.25) is 5.91 Å². The van der Waals surface area contributed by atoms with Crippen LogP contribution in [0.25, 0.3) is 10.2 Å². The number of ether oxygens (including phenoxy) is 1. The molecule has 1 atom stereocenters. The number of anilines is 1. The molecule has 1 aliphatic heterocycles. The summed E-state index contributed by atoms with van der Waals surface area (Å²) in [6.45, 7) is 0. The molecule has 2 heterocycles. The Hall–Kier alpha value is -3.51. The van der Waals surface area contributed by atoms with Crippen LogP contribution in [0.5, 0.6) is 0 Å². The van der Waals surface area contributed by atoms with E-state index in [2.05, 4.69) is 16.4 Å². The highest BCUT2D eigenvalue weighted by Crippen LogP contribution is 2.33. The second-order valence-electron chi connectivity index (χ2n) is 7.18. The predicted octanol–water partition coefficient (Wildman–Crippen LogP) is 5.13. The first-order valence-corrected chi connectivity index (χ1v) is 10.5.